The number of hydrogen-bond acceptors (Lipinski definition) is 5. The number of nitriles is 1. The molecule has 6 nitrogen and oxygen atoms in total. The monoisotopic (exact) mass is 169 g/mol. The van der Waals surface area contributed by atoms with Crippen LogP contribution in [-0.4, -0.2) is 35.8 Å². The molecule has 66 valence electrons. The summed E-state index contributed by atoms with van der Waals surface area (Å²) in [5, 5.41) is 24.1. The Bertz CT molecular complexity index is 229. The van der Waals surface area contributed by atoms with E-state index in [1.54, 1.807) is 6.07 Å². The van der Waals surface area contributed by atoms with Crippen molar-refractivity contribution >= 4 is 11.5 Å². The topological polar surface area (TPSA) is 132 Å². The molecule has 1 atom stereocenters. The zero-order valence-corrected chi connectivity index (χ0v) is 6.49. The van der Waals surface area contributed by atoms with Crippen LogP contribution in [0.1, 0.15) is 0 Å². The maximum absolute atomic E-state index is 8.67. The minimum atomic E-state index is -0.970. The Kier molecular flexibility index (Phi) is 4.79. The molecule has 0 aliphatic heterocycles. The van der Waals surface area contributed by atoms with Gasteiger partial charge in [-0.05, 0) is 0 Å². The predicted octanol–water partition coefficient (Wildman–Crippen LogP) is -1.79. The first-order valence-electron chi connectivity index (χ1n) is 3.26. The molecule has 1 unspecified atom stereocenters. The molecule has 0 amide bonds. The predicted molar refractivity (Wildman–Crippen MR) is 44.9 cm³/mol. The van der Waals surface area contributed by atoms with Gasteiger partial charge in [0.1, 0.15) is 11.9 Å². The lowest BCUT2D eigenvalue weighted by Crippen LogP contribution is -2.32. The zero-order chi connectivity index (χ0) is 9.56. The van der Waals surface area contributed by atoms with Gasteiger partial charge in [0.25, 0.3) is 0 Å². The van der Waals surface area contributed by atoms with Crippen molar-refractivity contribution in [3.05, 3.63) is 0 Å². The lowest BCUT2D eigenvalue weighted by atomic mass is 10.2. The summed E-state index contributed by atoms with van der Waals surface area (Å²) in [7, 11) is 0. The highest BCUT2D eigenvalue weighted by Crippen LogP contribution is 1.85. The first kappa shape index (κ1) is 10.7. The molecule has 6 N–H and O–H groups in total. The van der Waals surface area contributed by atoms with Crippen molar-refractivity contribution in [3.8, 4) is 6.07 Å². The summed E-state index contributed by atoms with van der Waals surface area (Å²) in [5.74, 6) is -0.107. The number of nitrogens with one attached hydrogen (secondary N) is 1. The Morgan fingerprint density at radius 1 is 1.75 bits per heavy atom. The molecule has 12 heavy (non-hydrogen) atoms. The standard InChI is InChI=1S/C6H11N5O/c7-1-4(9)5(3-12)11-6(10)2-8/h4,10,12H,2-3,8-9H2. The fourth-order valence-electron chi connectivity index (χ4n) is 0.497. The maximum Gasteiger partial charge on any atom is 0.134 e. The second-order valence-corrected chi connectivity index (χ2v) is 2.02. The SMILES string of the molecule is N#CC(N)C(CO)=NC(=N)CN. The number of hydrogen-bond donors (Lipinski definition) is 4. The molecule has 0 aromatic rings. The summed E-state index contributed by atoms with van der Waals surface area (Å²) in [5.41, 5.74) is 10.4. The lowest BCUT2D eigenvalue weighted by molar-refractivity contribution is 0.355. The van der Waals surface area contributed by atoms with E-state index in [-0.39, 0.29) is 18.1 Å². The van der Waals surface area contributed by atoms with E-state index in [1.165, 1.54) is 0 Å². The van der Waals surface area contributed by atoms with Crippen molar-refractivity contribution in [2.45, 2.75) is 6.04 Å². The van der Waals surface area contributed by atoms with Crippen LogP contribution < -0.4 is 11.5 Å². The molecule has 0 radical (unpaired) electrons. The van der Waals surface area contributed by atoms with Gasteiger partial charge in [-0.1, -0.05) is 0 Å². The highest BCUT2D eigenvalue weighted by molar-refractivity contribution is 6.01. The molecule has 0 bridgehead atoms. The lowest BCUT2D eigenvalue weighted by Gasteiger charge is -2.03. The van der Waals surface area contributed by atoms with Crippen molar-refractivity contribution < 1.29 is 5.11 Å². The fourth-order valence-corrected chi connectivity index (χ4v) is 0.497. The summed E-state index contributed by atoms with van der Waals surface area (Å²) >= 11 is 0. The largest absolute Gasteiger partial charge is 0.390 e. The van der Waals surface area contributed by atoms with Gasteiger partial charge < -0.3 is 16.6 Å². The number of aliphatic hydroxyl groups excluding tert-OH is 1. The molecule has 0 aliphatic carbocycles. The third kappa shape index (κ3) is 3.21. The maximum atomic E-state index is 8.67. The van der Waals surface area contributed by atoms with Gasteiger partial charge in [0.2, 0.25) is 0 Å². The third-order valence-electron chi connectivity index (χ3n) is 1.13. The Morgan fingerprint density at radius 2 is 2.33 bits per heavy atom. The molecule has 0 saturated carbocycles. The van der Waals surface area contributed by atoms with Gasteiger partial charge in [-0.25, -0.2) is 4.99 Å². The van der Waals surface area contributed by atoms with Gasteiger partial charge in [0.15, 0.2) is 0 Å². The van der Waals surface area contributed by atoms with E-state index in [9.17, 15) is 0 Å². The van der Waals surface area contributed by atoms with Gasteiger partial charge in [-0.2, -0.15) is 5.26 Å². The molecule has 0 aromatic heterocycles. The van der Waals surface area contributed by atoms with E-state index in [1.807, 2.05) is 0 Å². The average molecular weight is 169 g/mol. The van der Waals surface area contributed by atoms with Crippen LogP contribution in [0.4, 0.5) is 0 Å². The molecule has 0 saturated heterocycles. The minimum Gasteiger partial charge on any atom is -0.390 e. The van der Waals surface area contributed by atoms with Crippen molar-refractivity contribution in [2.75, 3.05) is 13.2 Å². The van der Waals surface area contributed by atoms with Crippen LogP contribution in [0, 0.1) is 16.7 Å². The van der Waals surface area contributed by atoms with Crippen LogP contribution in [0.3, 0.4) is 0 Å². The van der Waals surface area contributed by atoms with Gasteiger partial charge in [0.05, 0.1) is 24.9 Å². The quantitative estimate of drug-likeness (QED) is 0.293. The van der Waals surface area contributed by atoms with E-state index >= 15 is 0 Å². The molecule has 0 spiro atoms. The normalized spacial score (nSPS) is 13.7. The number of aliphatic imine (C=N–C) groups is 1. The van der Waals surface area contributed by atoms with Crippen molar-refractivity contribution in [2.24, 2.45) is 16.5 Å². The Morgan fingerprint density at radius 3 is 2.67 bits per heavy atom. The summed E-state index contributed by atoms with van der Waals surface area (Å²) in [4.78, 5) is 3.56. The Labute approximate surface area is 70.0 Å². The van der Waals surface area contributed by atoms with Gasteiger partial charge in [-0.15, -0.1) is 0 Å². The van der Waals surface area contributed by atoms with Crippen LogP contribution in [-0.2, 0) is 0 Å². The van der Waals surface area contributed by atoms with Crippen LogP contribution in [0.15, 0.2) is 4.99 Å². The molecule has 0 aromatic carbocycles. The number of nitrogens with zero attached hydrogens (tertiary/aromatic N) is 2. The molecular weight excluding hydrogens is 158 g/mol. The zero-order valence-electron chi connectivity index (χ0n) is 6.49. The highest BCUT2D eigenvalue weighted by atomic mass is 16.3. The smallest absolute Gasteiger partial charge is 0.134 e. The van der Waals surface area contributed by atoms with E-state index in [2.05, 4.69) is 4.99 Å². The third-order valence-corrected chi connectivity index (χ3v) is 1.13. The van der Waals surface area contributed by atoms with Gasteiger partial charge in [-0.3, -0.25) is 5.41 Å². The fraction of sp³-hybridized carbons (Fsp3) is 0.500. The van der Waals surface area contributed by atoms with Crippen molar-refractivity contribution in [3.63, 3.8) is 0 Å². The summed E-state index contributed by atoms with van der Waals surface area (Å²) < 4.78 is 0. The van der Waals surface area contributed by atoms with E-state index in [0.717, 1.165) is 0 Å². The van der Waals surface area contributed by atoms with Crippen LogP contribution in [0.25, 0.3) is 0 Å². The molecule has 0 heterocycles. The second-order valence-electron chi connectivity index (χ2n) is 2.02. The van der Waals surface area contributed by atoms with Crippen LogP contribution in [0.2, 0.25) is 0 Å². The number of amidine groups is 1. The number of nitrogens with two attached hydrogens (primary N) is 2. The number of aliphatic hydroxyl groups is 1. The first-order valence-corrected chi connectivity index (χ1v) is 3.26. The van der Waals surface area contributed by atoms with Gasteiger partial charge >= 0.3 is 0 Å². The minimum absolute atomic E-state index is 0.0400. The highest BCUT2D eigenvalue weighted by Gasteiger charge is 2.08. The summed E-state index contributed by atoms with van der Waals surface area (Å²) in [6.45, 7) is -0.473. The summed E-state index contributed by atoms with van der Waals surface area (Å²) in [6.07, 6.45) is 0. The second kappa shape index (κ2) is 5.37. The van der Waals surface area contributed by atoms with Crippen molar-refractivity contribution in [1.29, 1.82) is 10.7 Å². The van der Waals surface area contributed by atoms with Gasteiger partial charge in [0, 0.05) is 0 Å². The van der Waals surface area contributed by atoms with E-state index in [4.69, 9.17) is 27.2 Å². The van der Waals surface area contributed by atoms with Crippen LogP contribution >= 0.6 is 0 Å². The summed E-state index contributed by atoms with van der Waals surface area (Å²) in [6, 6.07) is 0.724. The number of rotatable bonds is 3. The molecule has 0 aliphatic rings. The van der Waals surface area contributed by atoms with Crippen LogP contribution in [0.5, 0.6) is 0 Å². The molecule has 0 rings (SSSR count). The Balaban J connectivity index is 4.45. The molecule has 6 heteroatoms. The van der Waals surface area contributed by atoms with E-state index < -0.39 is 12.6 Å². The first-order chi connectivity index (χ1) is 5.65. The van der Waals surface area contributed by atoms with E-state index in [0.29, 0.717) is 0 Å². The molecular formula is C6H11N5O. The average Bonchev–Trinajstić information content (AvgIpc) is 2.12. The van der Waals surface area contributed by atoms with Crippen molar-refractivity contribution in [1.82, 2.24) is 0 Å². The Hall–Kier alpha value is -1.29. The molecule has 0 fully saturated rings.